The molecule has 0 aromatic heterocycles. The van der Waals surface area contributed by atoms with Crippen molar-refractivity contribution in [3.05, 3.63) is 0 Å². The van der Waals surface area contributed by atoms with E-state index in [1.54, 1.807) is 0 Å². The van der Waals surface area contributed by atoms with Crippen LogP contribution in [0.15, 0.2) is 0 Å². The summed E-state index contributed by atoms with van der Waals surface area (Å²) in [4.78, 5) is 13.5. The third kappa shape index (κ3) is 2.15. The van der Waals surface area contributed by atoms with Gasteiger partial charge in [-0.1, -0.05) is 0 Å². The van der Waals surface area contributed by atoms with E-state index in [2.05, 4.69) is 18.7 Å². The van der Waals surface area contributed by atoms with Crippen molar-refractivity contribution in [2.75, 3.05) is 19.7 Å². The van der Waals surface area contributed by atoms with E-state index in [1.165, 1.54) is 0 Å². The molecular formula is C11H19NO2. The predicted molar refractivity (Wildman–Crippen MR) is 54.3 cm³/mol. The van der Waals surface area contributed by atoms with Gasteiger partial charge < -0.3 is 4.74 Å². The van der Waals surface area contributed by atoms with Gasteiger partial charge in [-0.3, -0.25) is 9.69 Å². The molecule has 2 saturated heterocycles. The summed E-state index contributed by atoms with van der Waals surface area (Å²) in [7, 11) is 0. The van der Waals surface area contributed by atoms with E-state index in [0.717, 1.165) is 32.4 Å². The standard InChI is InChI=1S/C11H19NO2/c1-11(2)7-9(4-6-14-11)12-5-3-10(13)8-12/h9H,3-8H2,1-2H3. The van der Waals surface area contributed by atoms with E-state index in [4.69, 9.17) is 4.74 Å². The van der Waals surface area contributed by atoms with Crippen molar-refractivity contribution in [1.82, 2.24) is 4.90 Å². The van der Waals surface area contributed by atoms with Crippen LogP contribution in [-0.2, 0) is 9.53 Å². The quantitative estimate of drug-likeness (QED) is 0.633. The molecule has 0 radical (unpaired) electrons. The van der Waals surface area contributed by atoms with E-state index in [-0.39, 0.29) is 5.60 Å². The minimum Gasteiger partial charge on any atom is -0.375 e. The minimum atomic E-state index is -0.00540. The lowest BCUT2D eigenvalue weighted by Gasteiger charge is -2.39. The van der Waals surface area contributed by atoms with Crippen LogP contribution in [0.2, 0.25) is 0 Å². The number of ether oxygens (including phenoxy) is 1. The summed E-state index contributed by atoms with van der Waals surface area (Å²) in [5.74, 6) is 0.397. The van der Waals surface area contributed by atoms with Gasteiger partial charge in [0, 0.05) is 25.6 Å². The number of Topliss-reactive ketones (excluding diaryl/α,β-unsaturated/α-hetero) is 1. The van der Waals surface area contributed by atoms with Crippen LogP contribution in [0.3, 0.4) is 0 Å². The molecule has 2 aliphatic heterocycles. The van der Waals surface area contributed by atoms with Crippen molar-refractivity contribution in [3.63, 3.8) is 0 Å². The molecule has 0 spiro atoms. The fraction of sp³-hybridized carbons (Fsp3) is 0.909. The molecule has 3 nitrogen and oxygen atoms in total. The van der Waals surface area contributed by atoms with Crippen molar-refractivity contribution in [2.45, 2.75) is 44.8 Å². The van der Waals surface area contributed by atoms with E-state index >= 15 is 0 Å². The lowest BCUT2D eigenvalue weighted by Crippen LogP contribution is -2.45. The maximum Gasteiger partial charge on any atom is 0.148 e. The summed E-state index contributed by atoms with van der Waals surface area (Å²) in [6.45, 7) is 6.73. The molecule has 2 aliphatic rings. The zero-order valence-electron chi connectivity index (χ0n) is 9.08. The van der Waals surface area contributed by atoms with E-state index in [1.807, 2.05) is 0 Å². The van der Waals surface area contributed by atoms with Crippen molar-refractivity contribution >= 4 is 5.78 Å². The highest BCUT2D eigenvalue weighted by Gasteiger charge is 2.34. The Morgan fingerprint density at radius 2 is 2.29 bits per heavy atom. The van der Waals surface area contributed by atoms with Crippen molar-refractivity contribution in [2.24, 2.45) is 0 Å². The van der Waals surface area contributed by atoms with Crippen molar-refractivity contribution in [3.8, 4) is 0 Å². The Balaban J connectivity index is 1.94. The molecule has 2 fully saturated rings. The number of rotatable bonds is 1. The summed E-state index contributed by atoms with van der Waals surface area (Å²) in [6.07, 6.45) is 2.88. The summed E-state index contributed by atoms with van der Waals surface area (Å²) >= 11 is 0. The number of carbonyl (C=O) groups is 1. The number of carbonyl (C=O) groups excluding carboxylic acids is 1. The Kier molecular flexibility index (Phi) is 2.62. The van der Waals surface area contributed by atoms with Gasteiger partial charge in [0.15, 0.2) is 0 Å². The van der Waals surface area contributed by atoms with Crippen LogP contribution in [0.1, 0.15) is 33.1 Å². The van der Waals surface area contributed by atoms with E-state index in [0.29, 0.717) is 18.4 Å². The highest BCUT2D eigenvalue weighted by molar-refractivity contribution is 5.82. The van der Waals surface area contributed by atoms with Gasteiger partial charge in [0.25, 0.3) is 0 Å². The summed E-state index contributed by atoms with van der Waals surface area (Å²) in [5, 5.41) is 0. The molecule has 2 rings (SSSR count). The molecule has 3 heteroatoms. The van der Waals surface area contributed by atoms with E-state index < -0.39 is 0 Å². The minimum absolute atomic E-state index is 0.00540. The first-order valence-corrected chi connectivity index (χ1v) is 5.46. The molecule has 0 saturated carbocycles. The van der Waals surface area contributed by atoms with Crippen LogP contribution >= 0.6 is 0 Å². The highest BCUT2D eigenvalue weighted by Crippen LogP contribution is 2.28. The number of ketones is 1. The second-order valence-electron chi connectivity index (χ2n) is 5.01. The molecule has 0 aromatic rings. The molecule has 0 aliphatic carbocycles. The van der Waals surface area contributed by atoms with Gasteiger partial charge in [-0.05, 0) is 26.7 Å². The van der Waals surface area contributed by atoms with Crippen LogP contribution in [-0.4, -0.2) is 42.0 Å². The lowest BCUT2D eigenvalue weighted by atomic mass is 9.93. The van der Waals surface area contributed by atoms with E-state index in [9.17, 15) is 4.79 Å². The van der Waals surface area contributed by atoms with Gasteiger partial charge in [-0.2, -0.15) is 0 Å². The smallest absolute Gasteiger partial charge is 0.148 e. The molecule has 0 amide bonds. The normalized spacial score (nSPS) is 33.6. The Labute approximate surface area is 85.4 Å². The topological polar surface area (TPSA) is 29.5 Å². The fourth-order valence-electron chi connectivity index (χ4n) is 2.48. The second kappa shape index (κ2) is 3.63. The third-order valence-corrected chi connectivity index (χ3v) is 3.24. The Morgan fingerprint density at radius 3 is 2.86 bits per heavy atom. The van der Waals surface area contributed by atoms with Gasteiger partial charge in [0.1, 0.15) is 5.78 Å². The average molecular weight is 197 g/mol. The van der Waals surface area contributed by atoms with Crippen LogP contribution < -0.4 is 0 Å². The molecule has 0 N–H and O–H groups in total. The molecular weight excluding hydrogens is 178 g/mol. The molecule has 1 atom stereocenters. The monoisotopic (exact) mass is 197 g/mol. The van der Waals surface area contributed by atoms with Gasteiger partial charge in [-0.25, -0.2) is 0 Å². The van der Waals surface area contributed by atoms with Crippen LogP contribution in [0.25, 0.3) is 0 Å². The molecule has 2 heterocycles. The van der Waals surface area contributed by atoms with Gasteiger partial charge in [0.05, 0.1) is 12.1 Å². The summed E-state index contributed by atoms with van der Waals surface area (Å²) < 4.78 is 5.67. The molecule has 14 heavy (non-hydrogen) atoms. The molecule has 80 valence electrons. The number of hydrogen-bond donors (Lipinski definition) is 0. The third-order valence-electron chi connectivity index (χ3n) is 3.24. The molecule has 0 bridgehead atoms. The van der Waals surface area contributed by atoms with Crippen molar-refractivity contribution in [1.29, 1.82) is 0 Å². The largest absolute Gasteiger partial charge is 0.375 e. The average Bonchev–Trinajstić information content (AvgIpc) is 2.50. The van der Waals surface area contributed by atoms with Crippen LogP contribution in [0, 0.1) is 0 Å². The highest BCUT2D eigenvalue weighted by atomic mass is 16.5. The SMILES string of the molecule is CC1(C)CC(N2CCC(=O)C2)CCO1. The zero-order valence-corrected chi connectivity index (χ0v) is 9.08. The Bertz CT molecular complexity index is 237. The number of hydrogen-bond acceptors (Lipinski definition) is 3. The summed E-state index contributed by atoms with van der Waals surface area (Å²) in [5.41, 5.74) is -0.00540. The lowest BCUT2D eigenvalue weighted by molar-refractivity contribution is -0.118. The van der Waals surface area contributed by atoms with Crippen molar-refractivity contribution < 1.29 is 9.53 Å². The van der Waals surface area contributed by atoms with Gasteiger partial charge >= 0.3 is 0 Å². The predicted octanol–water partition coefficient (Wildman–Crippen LogP) is 1.22. The maximum absolute atomic E-state index is 11.2. The number of likely N-dealkylation sites (tertiary alicyclic amines) is 1. The molecule has 1 unspecified atom stereocenters. The van der Waals surface area contributed by atoms with Crippen LogP contribution in [0.5, 0.6) is 0 Å². The zero-order chi connectivity index (χ0) is 10.2. The first-order valence-electron chi connectivity index (χ1n) is 5.46. The Hall–Kier alpha value is -0.410. The van der Waals surface area contributed by atoms with Gasteiger partial charge in [-0.15, -0.1) is 0 Å². The first kappa shape index (κ1) is 10.1. The fourth-order valence-corrected chi connectivity index (χ4v) is 2.48. The second-order valence-corrected chi connectivity index (χ2v) is 5.01. The molecule has 0 aromatic carbocycles. The first-order chi connectivity index (χ1) is 6.57. The van der Waals surface area contributed by atoms with Crippen LogP contribution in [0.4, 0.5) is 0 Å². The maximum atomic E-state index is 11.2. The summed E-state index contributed by atoms with van der Waals surface area (Å²) in [6, 6.07) is 0.560. The Morgan fingerprint density at radius 1 is 1.50 bits per heavy atom. The number of nitrogens with zero attached hydrogens (tertiary/aromatic N) is 1. The van der Waals surface area contributed by atoms with Gasteiger partial charge in [0.2, 0.25) is 0 Å².